The minimum absolute atomic E-state index is 0.0278. The second-order valence-corrected chi connectivity index (χ2v) is 9.23. The molecular formula is C26H32ClN3O2. The lowest BCUT2D eigenvalue weighted by atomic mass is 9.94. The molecule has 5 nitrogen and oxygen atoms in total. The minimum atomic E-state index is -0.106. The number of carbonyl (C=O) groups excluding carboxylic acids is 2. The third-order valence-electron chi connectivity index (χ3n) is 6.77. The van der Waals surface area contributed by atoms with Gasteiger partial charge in [0.1, 0.15) is 0 Å². The molecule has 1 unspecified atom stereocenters. The number of nitrogens with zero attached hydrogens (tertiary/aromatic N) is 2. The third-order valence-corrected chi connectivity index (χ3v) is 7.10. The molecule has 2 fully saturated rings. The molecular weight excluding hydrogens is 422 g/mol. The summed E-state index contributed by atoms with van der Waals surface area (Å²) in [7, 11) is 0. The van der Waals surface area contributed by atoms with E-state index >= 15 is 0 Å². The SMILES string of the molecule is O=C(NCCc1ccccc1)C(C1CCCC1)N1CCN(C(=O)c2ccccc2Cl)CC1. The predicted octanol–water partition coefficient (Wildman–Crippen LogP) is 4.02. The van der Waals surface area contributed by atoms with Crippen molar-refractivity contribution in [1.29, 1.82) is 0 Å². The number of benzene rings is 2. The van der Waals surface area contributed by atoms with Crippen molar-refractivity contribution in [3.8, 4) is 0 Å². The lowest BCUT2D eigenvalue weighted by molar-refractivity contribution is -0.129. The van der Waals surface area contributed by atoms with Gasteiger partial charge in [0.25, 0.3) is 5.91 Å². The highest BCUT2D eigenvalue weighted by Gasteiger charge is 2.37. The Hall–Kier alpha value is -2.37. The number of nitrogens with one attached hydrogen (secondary N) is 1. The number of piperazine rings is 1. The van der Waals surface area contributed by atoms with Crippen molar-refractivity contribution >= 4 is 23.4 Å². The zero-order valence-electron chi connectivity index (χ0n) is 18.5. The second kappa shape index (κ2) is 11.0. The predicted molar refractivity (Wildman–Crippen MR) is 128 cm³/mol. The van der Waals surface area contributed by atoms with Gasteiger partial charge in [0.2, 0.25) is 5.91 Å². The molecule has 2 aliphatic rings. The Bertz CT molecular complexity index is 906. The van der Waals surface area contributed by atoms with E-state index in [4.69, 9.17) is 11.6 Å². The maximum absolute atomic E-state index is 13.3. The van der Waals surface area contributed by atoms with Crippen LogP contribution in [0.5, 0.6) is 0 Å². The fourth-order valence-corrected chi connectivity index (χ4v) is 5.26. The molecule has 2 amide bonds. The largest absolute Gasteiger partial charge is 0.354 e. The summed E-state index contributed by atoms with van der Waals surface area (Å²) in [6, 6.07) is 17.3. The van der Waals surface area contributed by atoms with E-state index in [9.17, 15) is 9.59 Å². The number of halogens is 1. The normalized spacial score (nSPS) is 18.5. The number of hydrogen-bond acceptors (Lipinski definition) is 3. The van der Waals surface area contributed by atoms with Crippen molar-refractivity contribution in [2.75, 3.05) is 32.7 Å². The van der Waals surface area contributed by atoms with Gasteiger partial charge >= 0.3 is 0 Å². The molecule has 2 aromatic carbocycles. The Morgan fingerprint density at radius 2 is 1.59 bits per heavy atom. The Morgan fingerprint density at radius 1 is 0.938 bits per heavy atom. The van der Waals surface area contributed by atoms with Gasteiger partial charge in [0.15, 0.2) is 0 Å². The summed E-state index contributed by atoms with van der Waals surface area (Å²) in [5.41, 5.74) is 1.78. The number of rotatable bonds is 7. The minimum Gasteiger partial charge on any atom is -0.354 e. The molecule has 32 heavy (non-hydrogen) atoms. The molecule has 1 aliphatic heterocycles. The summed E-state index contributed by atoms with van der Waals surface area (Å²) in [6.07, 6.45) is 5.45. The van der Waals surface area contributed by atoms with Gasteiger partial charge in [-0.1, -0.05) is 66.9 Å². The fourth-order valence-electron chi connectivity index (χ4n) is 5.04. The highest BCUT2D eigenvalue weighted by atomic mass is 35.5. The standard InChI is InChI=1S/C26H32ClN3O2/c27-23-13-7-6-12-22(23)26(32)30-18-16-29(17-19-30)24(21-10-4-5-11-21)25(31)28-15-14-20-8-2-1-3-9-20/h1-3,6-9,12-13,21,24H,4-5,10-11,14-19H2,(H,28,31). The van der Waals surface area contributed by atoms with Crippen LogP contribution in [0.25, 0.3) is 0 Å². The summed E-state index contributed by atoms with van der Waals surface area (Å²) in [5, 5.41) is 3.68. The van der Waals surface area contributed by atoms with Crippen LogP contribution in [0.15, 0.2) is 54.6 Å². The molecule has 4 rings (SSSR count). The van der Waals surface area contributed by atoms with E-state index in [0.29, 0.717) is 49.2 Å². The molecule has 0 bridgehead atoms. The van der Waals surface area contributed by atoms with Gasteiger partial charge < -0.3 is 10.2 Å². The molecule has 170 valence electrons. The quantitative estimate of drug-likeness (QED) is 0.689. The van der Waals surface area contributed by atoms with Crippen LogP contribution in [0.2, 0.25) is 5.02 Å². The van der Waals surface area contributed by atoms with Crippen molar-refractivity contribution in [3.63, 3.8) is 0 Å². The highest BCUT2D eigenvalue weighted by Crippen LogP contribution is 2.31. The number of hydrogen-bond donors (Lipinski definition) is 1. The maximum atomic E-state index is 13.3. The second-order valence-electron chi connectivity index (χ2n) is 8.82. The average Bonchev–Trinajstić information content (AvgIpc) is 3.35. The first-order valence-corrected chi connectivity index (χ1v) is 12.1. The van der Waals surface area contributed by atoms with Crippen molar-refractivity contribution < 1.29 is 9.59 Å². The highest BCUT2D eigenvalue weighted by molar-refractivity contribution is 6.33. The molecule has 6 heteroatoms. The Morgan fingerprint density at radius 3 is 2.28 bits per heavy atom. The fraction of sp³-hybridized carbons (Fsp3) is 0.462. The van der Waals surface area contributed by atoms with Gasteiger partial charge in [-0.15, -0.1) is 0 Å². The molecule has 2 aromatic rings. The number of carbonyl (C=O) groups is 2. The van der Waals surface area contributed by atoms with Crippen LogP contribution < -0.4 is 5.32 Å². The van der Waals surface area contributed by atoms with Gasteiger partial charge in [-0.05, 0) is 42.9 Å². The van der Waals surface area contributed by atoms with E-state index in [1.54, 1.807) is 12.1 Å². The smallest absolute Gasteiger partial charge is 0.255 e. The van der Waals surface area contributed by atoms with Crippen LogP contribution >= 0.6 is 11.6 Å². The van der Waals surface area contributed by atoms with Crippen molar-refractivity contribution in [3.05, 3.63) is 70.7 Å². The van der Waals surface area contributed by atoms with E-state index in [1.165, 1.54) is 18.4 Å². The summed E-state index contributed by atoms with van der Waals surface area (Å²) in [4.78, 5) is 30.3. The molecule has 1 saturated heterocycles. The first-order valence-electron chi connectivity index (χ1n) is 11.7. The molecule has 1 saturated carbocycles. The molecule has 0 aromatic heterocycles. The lowest BCUT2D eigenvalue weighted by Crippen LogP contribution is -2.58. The first-order chi connectivity index (χ1) is 15.6. The molecule has 0 spiro atoms. The number of amides is 2. The van der Waals surface area contributed by atoms with E-state index in [-0.39, 0.29) is 17.9 Å². The first kappa shape index (κ1) is 22.8. The molecule has 1 atom stereocenters. The zero-order chi connectivity index (χ0) is 22.3. The van der Waals surface area contributed by atoms with Crippen LogP contribution in [0.1, 0.15) is 41.6 Å². The van der Waals surface area contributed by atoms with Gasteiger partial charge in [-0.2, -0.15) is 0 Å². The van der Waals surface area contributed by atoms with Crippen LogP contribution in [-0.2, 0) is 11.2 Å². The van der Waals surface area contributed by atoms with Crippen LogP contribution in [0.3, 0.4) is 0 Å². The Balaban J connectivity index is 1.35. The molecule has 0 radical (unpaired) electrons. The lowest BCUT2D eigenvalue weighted by Gasteiger charge is -2.40. The van der Waals surface area contributed by atoms with Gasteiger partial charge in [-0.3, -0.25) is 14.5 Å². The van der Waals surface area contributed by atoms with E-state index < -0.39 is 0 Å². The van der Waals surface area contributed by atoms with Crippen molar-refractivity contribution in [2.24, 2.45) is 5.92 Å². The summed E-state index contributed by atoms with van der Waals surface area (Å²) >= 11 is 6.23. The zero-order valence-corrected chi connectivity index (χ0v) is 19.3. The average molecular weight is 454 g/mol. The van der Waals surface area contributed by atoms with E-state index in [0.717, 1.165) is 19.3 Å². The summed E-state index contributed by atoms with van der Waals surface area (Å²) < 4.78 is 0. The molecule has 1 heterocycles. The van der Waals surface area contributed by atoms with Gasteiger partial charge in [-0.25, -0.2) is 0 Å². The summed E-state index contributed by atoms with van der Waals surface area (Å²) in [5.74, 6) is 0.510. The van der Waals surface area contributed by atoms with Crippen molar-refractivity contribution in [1.82, 2.24) is 15.1 Å². The van der Waals surface area contributed by atoms with Crippen LogP contribution in [-0.4, -0.2) is 60.4 Å². The molecule has 1 N–H and O–H groups in total. The van der Waals surface area contributed by atoms with Gasteiger partial charge in [0.05, 0.1) is 16.6 Å². The van der Waals surface area contributed by atoms with E-state index in [2.05, 4.69) is 22.3 Å². The van der Waals surface area contributed by atoms with Crippen molar-refractivity contribution in [2.45, 2.75) is 38.1 Å². The third kappa shape index (κ3) is 5.51. The Kier molecular flexibility index (Phi) is 7.82. The maximum Gasteiger partial charge on any atom is 0.255 e. The van der Waals surface area contributed by atoms with Gasteiger partial charge in [0, 0.05) is 32.7 Å². The molecule has 1 aliphatic carbocycles. The topological polar surface area (TPSA) is 52.7 Å². The monoisotopic (exact) mass is 453 g/mol. The Labute approximate surface area is 195 Å². The van der Waals surface area contributed by atoms with E-state index in [1.807, 2.05) is 35.2 Å². The van der Waals surface area contributed by atoms with Crippen LogP contribution in [0, 0.1) is 5.92 Å². The summed E-state index contributed by atoms with van der Waals surface area (Å²) in [6.45, 7) is 3.30. The van der Waals surface area contributed by atoms with Crippen LogP contribution in [0.4, 0.5) is 0 Å².